The molecule has 0 aliphatic heterocycles. The van der Waals surface area contributed by atoms with Crippen LogP contribution in [0.3, 0.4) is 0 Å². The molecule has 3 aromatic rings. The Morgan fingerprint density at radius 2 is 1.55 bits per heavy atom. The second kappa shape index (κ2) is 10.6. The van der Waals surface area contributed by atoms with Crippen LogP contribution in [-0.4, -0.2) is 16.1 Å². The summed E-state index contributed by atoms with van der Waals surface area (Å²) < 4.78 is 13.1. The zero-order chi connectivity index (χ0) is 21.5. The number of halogens is 1. The predicted molar refractivity (Wildman–Crippen MR) is 126 cm³/mol. The molecule has 1 fully saturated rings. The third kappa shape index (κ3) is 6.17. The van der Waals surface area contributed by atoms with E-state index in [-0.39, 0.29) is 17.6 Å². The highest BCUT2D eigenvalue weighted by molar-refractivity contribution is 7.99. The Bertz CT molecular complexity index is 977. The first-order valence-electron chi connectivity index (χ1n) is 10.8. The van der Waals surface area contributed by atoms with E-state index >= 15 is 0 Å². The van der Waals surface area contributed by atoms with Crippen LogP contribution in [-0.2, 0) is 17.0 Å². The van der Waals surface area contributed by atoms with Crippen molar-refractivity contribution >= 4 is 23.4 Å². The first-order chi connectivity index (χ1) is 15.2. The molecule has 4 rings (SSSR count). The van der Waals surface area contributed by atoms with Crippen LogP contribution in [0, 0.1) is 11.7 Å². The minimum Gasteiger partial charge on any atom is -0.326 e. The average molecular weight is 435 g/mol. The lowest BCUT2D eigenvalue weighted by molar-refractivity contribution is -0.120. The number of nitrogens with one attached hydrogen (secondary N) is 1. The second-order valence-corrected chi connectivity index (χ2v) is 9.31. The van der Waals surface area contributed by atoms with E-state index in [4.69, 9.17) is 0 Å². The van der Waals surface area contributed by atoms with Crippen LogP contribution >= 0.6 is 11.8 Å². The number of benzene rings is 2. The summed E-state index contributed by atoms with van der Waals surface area (Å²) in [7, 11) is 0. The minimum absolute atomic E-state index is 0.00990. The number of aromatic nitrogens is 1. The van der Waals surface area contributed by atoms with Gasteiger partial charge in [-0.2, -0.15) is 11.8 Å². The number of hydrogen-bond donors (Lipinski definition) is 1. The third-order valence-corrected chi connectivity index (χ3v) is 7.29. The van der Waals surface area contributed by atoms with Crippen molar-refractivity contribution < 1.29 is 9.18 Å². The molecule has 1 saturated carbocycles. The molecule has 2 aromatic carbocycles. The Labute approximate surface area is 187 Å². The van der Waals surface area contributed by atoms with Crippen molar-refractivity contribution in [2.75, 3.05) is 5.32 Å². The van der Waals surface area contributed by atoms with Crippen molar-refractivity contribution in [3.63, 3.8) is 0 Å². The molecular formula is C26H27FN2OS. The van der Waals surface area contributed by atoms with Crippen LogP contribution in [0.2, 0.25) is 0 Å². The van der Waals surface area contributed by atoms with Gasteiger partial charge in [0.05, 0.1) is 5.92 Å². The van der Waals surface area contributed by atoms with E-state index in [1.54, 1.807) is 12.4 Å². The van der Waals surface area contributed by atoms with E-state index in [1.807, 2.05) is 48.2 Å². The highest BCUT2D eigenvalue weighted by Gasteiger charge is 2.31. The molecule has 1 aromatic heterocycles. The maximum absolute atomic E-state index is 13.1. The summed E-state index contributed by atoms with van der Waals surface area (Å²) in [5.74, 6) is 0.711. The first kappa shape index (κ1) is 21.6. The highest BCUT2D eigenvalue weighted by atomic mass is 32.2. The van der Waals surface area contributed by atoms with E-state index < -0.39 is 0 Å². The van der Waals surface area contributed by atoms with E-state index in [2.05, 4.69) is 22.4 Å². The number of amides is 1. The maximum Gasteiger partial charge on any atom is 0.228 e. The average Bonchev–Trinajstić information content (AvgIpc) is 2.81. The van der Waals surface area contributed by atoms with E-state index in [9.17, 15) is 9.18 Å². The van der Waals surface area contributed by atoms with Crippen LogP contribution in [0.25, 0.3) is 0 Å². The third-order valence-electron chi connectivity index (χ3n) is 5.80. The molecule has 160 valence electrons. The second-order valence-electron chi connectivity index (χ2n) is 8.09. The largest absolute Gasteiger partial charge is 0.326 e. The monoisotopic (exact) mass is 434 g/mol. The Kier molecular flexibility index (Phi) is 7.36. The molecule has 3 nitrogen and oxygen atoms in total. The van der Waals surface area contributed by atoms with Gasteiger partial charge in [-0.15, -0.1) is 0 Å². The lowest BCUT2D eigenvalue weighted by Crippen LogP contribution is -2.33. The fourth-order valence-electron chi connectivity index (χ4n) is 4.06. The summed E-state index contributed by atoms with van der Waals surface area (Å²) in [6, 6.07) is 18.8. The number of hydrogen-bond acceptors (Lipinski definition) is 3. The molecular weight excluding hydrogens is 407 g/mol. The number of rotatable bonds is 7. The predicted octanol–water partition coefficient (Wildman–Crippen LogP) is 6.24. The Balaban J connectivity index is 1.34. The van der Waals surface area contributed by atoms with Gasteiger partial charge in [-0.1, -0.05) is 37.1 Å². The molecule has 0 bridgehead atoms. The molecule has 5 heteroatoms. The number of thioether (sulfide) groups is 1. The lowest BCUT2D eigenvalue weighted by atomic mass is 9.88. The fraction of sp³-hybridized carbons (Fsp3) is 0.308. The molecule has 31 heavy (non-hydrogen) atoms. The van der Waals surface area contributed by atoms with Gasteiger partial charge in [-0.25, -0.2) is 4.39 Å². The minimum atomic E-state index is -0.213. The van der Waals surface area contributed by atoms with Crippen LogP contribution in [0.4, 0.5) is 10.1 Å². The summed E-state index contributed by atoms with van der Waals surface area (Å²) in [5, 5.41) is 3.42. The van der Waals surface area contributed by atoms with Crippen LogP contribution < -0.4 is 5.32 Å². The number of anilines is 1. The van der Waals surface area contributed by atoms with Crippen molar-refractivity contribution in [2.45, 2.75) is 43.1 Å². The SMILES string of the molecule is O=C(Nc1ccc(Cc2ccncc2)cc1)C1CCCCC1SCc1ccc(F)cc1. The molecule has 2 atom stereocenters. The zero-order valence-electron chi connectivity index (χ0n) is 17.5. The van der Waals surface area contributed by atoms with E-state index in [0.29, 0.717) is 5.25 Å². The van der Waals surface area contributed by atoms with Crippen molar-refractivity contribution in [1.29, 1.82) is 0 Å². The van der Waals surface area contributed by atoms with Crippen molar-refractivity contribution in [1.82, 2.24) is 4.98 Å². The number of carbonyl (C=O) groups excluding carboxylic acids is 1. The molecule has 1 aliphatic carbocycles. The first-order valence-corrected chi connectivity index (χ1v) is 11.9. The maximum atomic E-state index is 13.1. The Morgan fingerprint density at radius 1 is 0.903 bits per heavy atom. The standard InChI is InChI=1S/C26H27FN2OS/c27-22-9-5-21(6-10-22)18-31-25-4-2-1-3-24(25)26(30)29-23-11-7-19(8-12-23)17-20-13-15-28-16-14-20/h5-16,24-25H,1-4,17-18H2,(H,29,30). The van der Waals surface area contributed by atoms with Gasteiger partial charge in [0.15, 0.2) is 0 Å². The number of pyridine rings is 1. The molecule has 1 aliphatic rings. The molecule has 2 unspecified atom stereocenters. The van der Waals surface area contributed by atoms with Crippen molar-refractivity contribution in [2.24, 2.45) is 5.92 Å². The molecule has 1 N–H and O–H groups in total. The van der Waals surface area contributed by atoms with Crippen molar-refractivity contribution in [3.8, 4) is 0 Å². The summed E-state index contributed by atoms with van der Waals surface area (Å²) in [6.45, 7) is 0. The Hall–Kier alpha value is -2.66. The van der Waals surface area contributed by atoms with Gasteiger partial charge in [0.1, 0.15) is 5.82 Å². The van der Waals surface area contributed by atoms with Gasteiger partial charge >= 0.3 is 0 Å². The lowest BCUT2D eigenvalue weighted by Gasteiger charge is -2.30. The topological polar surface area (TPSA) is 42.0 Å². The van der Waals surface area contributed by atoms with Gasteiger partial charge < -0.3 is 5.32 Å². The van der Waals surface area contributed by atoms with Crippen LogP contribution in [0.15, 0.2) is 73.1 Å². The smallest absolute Gasteiger partial charge is 0.228 e. The molecule has 1 amide bonds. The van der Waals surface area contributed by atoms with E-state index in [1.165, 1.54) is 23.3 Å². The van der Waals surface area contributed by atoms with Gasteiger partial charge in [-0.3, -0.25) is 9.78 Å². The van der Waals surface area contributed by atoms with Gasteiger partial charge in [0, 0.05) is 29.1 Å². The zero-order valence-corrected chi connectivity index (χ0v) is 18.3. The van der Waals surface area contributed by atoms with E-state index in [0.717, 1.165) is 49.1 Å². The van der Waals surface area contributed by atoms with Crippen molar-refractivity contribution in [3.05, 3.63) is 95.6 Å². The summed E-state index contributed by atoms with van der Waals surface area (Å²) >= 11 is 1.82. The van der Waals surface area contributed by atoms with Gasteiger partial charge in [-0.05, 0) is 72.4 Å². The van der Waals surface area contributed by atoms with Gasteiger partial charge in [0.2, 0.25) is 5.91 Å². The highest BCUT2D eigenvalue weighted by Crippen LogP contribution is 2.36. The summed E-state index contributed by atoms with van der Waals surface area (Å²) in [6.07, 6.45) is 8.69. The summed E-state index contributed by atoms with van der Waals surface area (Å²) in [4.78, 5) is 17.1. The van der Waals surface area contributed by atoms with Crippen LogP contribution in [0.1, 0.15) is 42.4 Å². The number of carbonyl (C=O) groups is 1. The molecule has 0 radical (unpaired) electrons. The summed E-state index contributed by atoms with van der Waals surface area (Å²) in [5.41, 5.74) is 4.36. The Morgan fingerprint density at radius 3 is 2.29 bits per heavy atom. The normalized spacial score (nSPS) is 18.5. The van der Waals surface area contributed by atoms with Crippen LogP contribution in [0.5, 0.6) is 0 Å². The quantitative estimate of drug-likeness (QED) is 0.478. The molecule has 1 heterocycles. The van der Waals surface area contributed by atoms with Gasteiger partial charge in [0.25, 0.3) is 0 Å². The molecule has 0 spiro atoms. The molecule has 0 saturated heterocycles. The number of nitrogens with zero attached hydrogens (tertiary/aromatic N) is 1. The fourth-order valence-corrected chi connectivity index (χ4v) is 5.48.